The molecule has 3 heterocycles. The molecule has 0 spiro atoms. The first-order valence-electron chi connectivity index (χ1n) is 14.4. The predicted octanol–water partition coefficient (Wildman–Crippen LogP) is 7.24. The molecule has 2 aromatic heterocycles. The highest BCUT2D eigenvalue weighted by Crippen LogP contribution is 2.40. The SMILES string of the molecule is C[Si](C)(C)CCOCn1cc(-c2nc(N[C@H]3C[C@@H](O)CN(Cc4ccccc4)C3)ncc2C(F)(F)F)c2ccc(Br)cc21. The Bertz CT molecular complexity index is 1540. The van der Waals surface area contributed by atoms with Crippen LogP contribution in [0.5, 0.6) is 0 Å². The summed E-state index contributed by atoms with van der Waals surface area (Å²) < 4.78 is 51.5. The molecule has 1 fully saturated rings. The molecule has 12 heteroatoms. The number of nitrogens with one attached hydrogen (secondary N) is 1. The van der Waals surface area contributed by atoms with Crippen LogP contribution in [-0.4, -0.2) is 64.5 Å². The van der Waals surface area contributed by atoms with E-state index in [1.807, 2.05) is 41.0 Å². The lowest BCUT2D eigenvalue weighted by Gasteiger charge is -2.36. The Balaban J connectivity index is 1.44. The van der Waals surface area contributed by atoms with Crippen LogP contribution < -0.4 is 5.32 Å². The van der Waals surface area contributed by atoms with Gasteiger partial charge in [0.05, 0.1) is 17.3 Å². The molecule has 7 nitrogen and oxygen atoms in total. The maximum atomic E-state index is 14.3. The van der Waals surface area contributed by atoms with E-state index in [0.29, 0.717) is 43.6 Å². The average molecular weight is 677 g/mol. The number of likely N-dealkylation sites (tertiary alicyclic amines) is 1. The number of anilines is 1. The van der Waals surface area contributed by atoms with Crippen molar-refractivity contribution in [2.45, 2.75) is 63.7 Å². The van der Waals surface area contributed by atoms with Crippen molar-refractivity contribution < 1.29 is 23.0 Å². The van der Waals surface area contributed by atoms with Crippen molar-refractivity contribution in [1.29, 1.82) is 0 Å². The molecule has 2 N–H and O–H groups in total. The lowest BCUT2D eigenvalue weighted by atomic mass is 10.0. The zero-order valence-electron chi connectivity index (χ0n) is 24.5. The number of aromatic nitrogens is 3. The number of fused-ring (bicyclic) bond motifs is 1. The number of nitrogens with zero attached hydrogens (tertiary/aromatic N) is 4. The number of piperidine rings is 1. The molecule has 2 aromatic carbocycles. The largest absolute Gasteiger partial charge is 0.419 e. The molecule has 4 aromatic rings. The summed E-state index contributed by atoms with van der Waals surface area (Å²) in [7, 11) is -1.30. The Morgan fingerprint density at radius 1 is 1.12 bits per heavy atom. The first kappa shape index (κ1) is 31.6. The number of ether oxygens (including phenoxy) is 1. The molecule has 0 unspecified atom stereocenters. The minimum absolute atomic E-state index is 0.0890. The minimum Gasteiger partial charge on any atom is -0.392 e. The van der Waals surface area contributed by atoms with Gasteiger partial charge in [0.25, 0.3) is 0 Å². The molecule has 1 aliphatic rings. The number of aliphatic hydroxyl groups excluding tert-OH is 1. The van der Waals surface area contributed by atoms with Crippen LogP contribution in [0.1, 0.15) is 17.5 Å². The summed E-state index contributed by atoms with van der Waals surface area (Å²) >= 11 is 3.49. The molecule has 2 atom stereocenters. The number of aliphatic hydroxyl groups is 1. The van der Waals surface area contributed by atoms with Crippen molar-refractivity contribution in [3.05, 3.63) is 76.5 Å². The summed E-state index contributed by atoms with van der Waals surface area (Å²) in [6, 6.07) is 16.2. The topological polar surface area (TPSA) is 75.4 Å². The van der Waals surface area contributed by atoms with Gasteiger partial charge in [0.2, 0.25) is 5.95 Å². The Morgan fingerprint density at radius 3 is 2.60 bits per heavy atom. The standard InChI is InChI=1S/C31H37BrF3N5O2Si/c1-43(2,3)12-11-42-20-40-19-26(25-10-9-22(32)13-28(25)40)29-27(31(33,34)35)15-36-30(38-29)37-23-14-24(41)18-39(17-23)16-21-7-5-4-6-8-21/h4-10,13,15,19,23-24,41H,11-12,14,16-18,20H2,1-3H3,(H,36,37,38)/t23-,24+/m0/s1. The first-order chi connectivity index (χ1) is 20.4. The molecule has 0 radical (unpaired) electrons. The quantitative estimate of drug-likeness (QED) is 0.136. The van der Waals surface area contributed by atoms with Crippen LogP contribution in [0.2, 0.25) is 25.7 Å². The summed E-state index contributed by atoms with van der Waals surface area (Å²) in [6.45, 7) is 9.37. The number of benzene rings is 2. The lowest BCUT2D eigenvalue weighted by Crippen LogP contribution is -2.48. The third-order valence-electron chi connectivity index (χ3n) is 7.51. The summed E-state index contributed by atoms with van der Waals surface area (Å²) in [6.07, 6.45) is -2.27. The average Bonchev–Trinajstić information content (AvgIpc) is 3.27. The lowest BCUT2D eigenvalue weighted by molar-refractivity contribution is -0.137. The van der Waals surface area contributed by atoms with Gasteiger partial charge in [-0.25, -0.2) is 9.97 Å². The Hall–Kier alpha value is -2.77. The summed E-state index contributed by atoms with van der Waals surface area (Å²) in [5.74, 6) is 0.0890. The molecule has 0 aliphatic carbocycles. The van der Waals surface area contributed by atoms with Gasteiger partial charge in [0.1, 0.15) is 12.3 Å². The second-order valence-corrected chi connectivity index (χ2v) is 18.9. The number of rotatable bonds is 10. The number of halogens is 4. The van der Waals surface area contributed by atoms with Crippen molar-refractivity contribution in [2.24, 2.45) is 0 Å². The maximum absolute atomic E-state index is 14.3. The van der Waals surface area contributed by atoms with E-state index >= 15 is 0 Å². The van der Waals surface area contributed by atoms with Gasteiger partial charge in [-0.2, -0.15) is 13.2 Å². The monoisotopic (exact) mass is 675 g/mol. The highest BCUT2D eigenvalue weighted by atomic mass is 79.9. The van der Waals surface area contributed by atoms with Crippen LogP contribution in [0.4, 0.5) is 19.1 Å². The molecule has 0 saturated carbocycles. The molecule has 230 valence electrons. The fourth-order valence-electron chi connectivity index (χ4n) is 5.39. The van der Waals surface area contributed by atoms with Crippen molar-refractivity contribution in [2.75, 3.05) is 25.0 Å². The number of β-amino-alcohol motifs (C(OH)–C–C–N with tert-alkyl or cyclic N) is 1. The van der Waals surface area contributed by atoms with Crippen molar-refractivity contribution in [3.63, 3.8) is 0 Å². The van der Waals surface area contributed by atoms with Crippen LogP contribution in [0.25, 0.3) is 22.2 Å². The molecule has 5 rings (SSSR count). The van der Waals surface area contributed by atoms with Gasteiger partial charge >= 0.3 is 6.18 Å². The Labute approximate surface area is 259 Å². The zero-order valence-corrected chi connectivity index (χ0v) is 27.1. The second-order valence-electron chi connectivity index (χ2n) is 12.4. The van der Waals surface area contributed by atoms with Gasteiger partial charge in [-0.05, 0) is 30.2 Å². The molecule has 1 saturated heterocycles. The molecular weight excluding hydrogens is 639 g/mol. The third kappa shape index (κ3) is 8.24. The van der Waals surface area contributed by atoms with Crippen molar-refractivity contribution >= 4 is 40.9 Å². The van der Waals surface area contributed by atoms with E-state index in [0.717, 1.165) is 27.8 Å². The van der Waals surface area contributed by atoms with Crippen LogP contribution in [0, 0.1) is 0 Å². The van der Waals surface area contributed by atoms with E-state index in [-0.39, 0.29) is 24.4 Å². The molecular formula is C31H37BrF3N5O2Si. The van der Waals surface area contributed by atoms with Crippen molar-refractivity contribution in [1.82, 2.24) is 19.4 Å². The molecule has 0 bridgehead atoms. The zero-order chi connectivity index (χ0) is 30.8. The van der Waals surface area contributed by atoms with Gasteiger partial charge in [-0.3, -0.25) is 4.90 Å². The van der Waals surface area contributed by atoms with E-state index in [4.69, 9.17) is 4.74 Å². The fraction of sp³-hybridized carbons (Fsp3) is 0.419. The summed E-state index contributed by atoms with van der Waals surface area (Å²) in [4.78, 5) is 10.6. The summed E-state index contributed by atoms with van der Waals surface area (Å²) in [5.41, 5.74) is 1.11. The van der Waals surface area contributed by atoms with Crippen LogP contribution in [0.3, 0.4) is 0 Å². The first-order valence-corrected chi connectivity index (χ1v) is 18.9. The number of hydrogen-bond acceptors (Lipinski definition) is 6. The number of hydrogen-bond donors (Lipinski definition) is 2. The molecule has 1 aliphatic heterocycles. The summed E-state index contributed by atoms with van der Waals surface area (Å²) in [5, 5.41) is 14.4. The minimum atomic E-state index is -4.65. The Kier molecular flexibility index (Phi) is 9.62. The van der Waals surface area contributed by atoms with Crippen LogP contribution in [-0.2, 0) is 24.2 Å². The van der Waals surface area contributed by atoms with E-state index < -0.39 is 25.9 Å². The van der Waals surface area contributed by atoms with E-state index in [9.17, 15) is 18.3 Å². The van der Waals surface area contributed by atoms with E-state index in [1.165, 1.54) is 0 Å². The van der Waals surface area contributed by atoms with Gasteiger partial charge in [-0.1, -0.05) is 72.0 Å². The molecule has 43 heavy (non-hydrogen) atoms. The van der Waals surface area contributed by atoms with Gasteiger partial charge in [0.15, 0.2) is 0 Å². The molecule has 0 amide bonds. The fourth-order valence-corrected chi connectivity index (χ4v) is 6.49. The van der Waals surface area contributed by atoms with E-state index in [2.05, 4.69) is 55.8 Å². The second kappa shape index (κ2) is 13.1. The van der Waals surface area contributed by atoms with Crippen LogP contribution in [0.15, 0.2) is 65.4 Å². The van der Waals surface area contributed by atoms with Gasteiger partial charge in [-0.15, -0.1) is 0 Å². The number of alkyl halides is 3. The Morgan fingerprint density at radius 2 is 1.88 bits per heavy atom. The highest BCUT2D eigenvalue weighted by Gasteiger charge is 2.37. The van der Waals surface area contributed by atoms with Gasteiger partial charge in [0, 0.05) is 68.2 Å². The maximum Gasteiger partial charge on any atom is 0.419 e. The van der Waals surface area contributed by atoms with Gasteiger partial charge < -0.3 is 19.7 Å². The predicted molar refractivity (Wildman–Crippen MR) is 170 cm³/mol. The van der Waals surface area contributed by atoms with Crippen molar-refractivity contribution in [3.8, 4) is 11.3 Å². The third-order valence-corrected chi connectivity index (χ3v) is 9.70. The van der Waals surface area contributed by atoms with E-state index in [1.54, 1.807) is 18.3 Å². The van der Waals surface area contributed by atoms with Crippen LogP contribution >= 0.6 is 15.9 Å². The smallest absolute Gasteiger partial charge is 0.392 e. The highest BCUT2D eigenvalue weighted by molar-refractivity contribution is 9.10. The normalized spacial score (nSPS) is 18.3.